The smallest absolute Gasteiger partial charge is 0.261 e. The van der Waals surface area contributed by atoms with Gasteiger partial charge >= 0.3 is 0 Å². The Kier molecular flexibility index (Phi) is 6.44. The van der Waals surface area contributed by atoms with Crippen molar-refractivity contribution in [3.8, 4) is 0 Å². The molecule has 2 fully saturated rings. The summed E-state index contributed by atoms with van der Waals surface area (Å²) in [5.41, 5.74) is 0.932. The lowest BCUT2D eigenvalue weighted by Crippen LogP contribution is -2.49. The van der Waals surface area contributed by atoms with Gasteiger partial charge in [-0.15, -0.1) is 11.3 Å². The zero-order valence-electron chi connectivity index (χ0n) is 16.7. The lowest BCUT2D eigenvalue weighted by Gasteiger charge is -2.36. The number of rotatable bonds is 7. The molecule has 4 rings (SSSR count). The Morgan fingerprint density at radius 3 is 2.86 bits per heavy atom. The number of ether oxygens (including phenoxy) is 2. The minimum atomic E-state index is -0.229. The standard InChI is InChI=1S/C21H27N3O4S/c1-27-11-7-22-21(26)20-19(15-5-2-3-6-17(15)29-20)16-13-23(10-12-28-16)14-18(25)24-8-4-9-24/h2-3,5-6,16H,4,7-14H2,1H3,(H,22,26). The Morgan fingerprint density at radius 2 is 2.10 bits per heavy atom. The number of carbonyl (C=O) groups excluding carboxylic acids is 2. The van der Waals surface area contributed by atoms with E-state index in [1.165, 1.54) is 11.3 Å². The maximum absolute atomic E-state index is 12.9. The number of nitrogens with zero attached hydrogens (tertiary/aromatic N) is 2. The maximum Gasteiger partial charge on any atom is 0.261 e. The Morgan fingerprint density at radius 1 is 1.28 bits per heavy atom. The van der Waals surface area contributed by atoms with E-state index in [-0.39, 0.29) is 17.9 Å². The summed E-state index contributed by atoms with van der Waals surface area (Å²) in [6, 6.07) is 8.04. The van der Waals surface area contributed by atoms with Crippen LogP contribution in [0.2, 0.25) is 0 Å². The Bertz CT molecular complexity index is 880. The molecule has 0 saturated carbocycles. The first kappa shape index (κ1) is 20.3. The third kappa shape index (κ3) is 4.45. The average molecular weight is 418 g/mol. The van der Waals surface area contributed by atoms with Gasteiger partial charge in [-0.05, 0) is 17.9 Å². The van der Waals surface area contributed by atoms with E-state index in [9.17, 15) is 9.59 Å². The van der Waals surface area contributed by atoms with Crippen LogP contribution in [-0.2, 0) is 14.3 Å². The number of carbonyl (C=O) groups is 2. The van der Waals surface area contributed by atoms with E-state index in [2.05, 4.69) is 10.2 Å². The van der Waals surface area contributed by atoms with Crippen molar-refractivity contribution < 1.29 is 19.1 Å². The van der Waals surface area contributed by atoms with Gasteiger partial charge in [0.1, 0.15) is 0 Å². The summed E-state index contributed by atoms with van der Waals surface area (Å²) in [5, 5.41) is 3.98. The molecule has 2 aliphatic rings. The molecule has 2 aliphatic heterocycles. The third-order valence-corrected chi connectivity index (χ3v) is 6.66. The molecular formula is C21H27N3O4S. The molecule has 2 aromatic rings. The first-order valence-electron chi connectivity index (χ1n) is 10.1. The molecule has 0 aliphatic carbocycles. The fourth-order valence-electron chi connectivity index (χ4n) is 3.78. The van der Waals surface area contributed by atoms with Crippen LogP contribution in [0.15, 0.2) is 24.3 Å². The zero-order chi connectivity index (χ0) is 20.2. The van der Waals surface area contributed by atoms with E-state index >= 15 is 0 Å². The predicted molar refractivity (Wildman–Crippen MR) is 112 cm³/mol. The number of fused-ring (bicyclic) bond motifs is 1. The molecule has 0 radical (unpaired) electrons. The number of hydrogen-bond donors (Lipinski definition) is 1. The second-order valence-electron chi connectivity index (χ2n) is 7.42. The van der Waals surface area contributed by atoms with Crippen molar-refractivity contribution in [2.24, 2.45) is 0 Å². The second kappa shape index (κ2) is 9.21. The molecular weight excluding hydrogens is 390 g/mol. The molecule has 1 N–H and O–H groups in total. The van der Waals surface area contributed by atoms with Gasteiger partial charge in [-0.25, -0.2) is 0 Å². The van der Waals surface area contributed by atoms with Crippen LogP contribution in [0.1, 0.15) is 27.8 Å². The number of likely N-dealkylation sites (tertiary alicyclic amines) is 1. The molecule has 156 valence electrons. The van der Waals surface area contributed by atoms with Crippen molar-refractivity contribution in [1.82, 2.24) is 15.1 Å². The first-order chi connectivity index (χ1) is 14.2. The van der Waals surface area contributed by atoms with Crippen LogP contribution in [0.5, 0.6) is 0 Å². The van der Waals surface area contributed by atoms with Gasteiger partial charge in [-0.3, -0.25) is 14.5 Å². The zero-order valence-corrected chi connectivity index (χ0v) is 17.5. The molecule has 7 nitrogen and oxygen atoms in total. The minimum Gasteiger partial charge on any atom is -0.383 e. The molecule has 1 unspecified atom stereocenters. The van der Waals surface area contributed by atoms with Gasteiger partial charge in [0, 0.05) is 50.1 Å². The normalized spacial score (nSPS) is 19.9. The average Bonchev–Trinajstić information content (AvgIpc) is 3.06. The molecule has 8 heteroatoms. The fraction of sp³-hybridized carbons (Fsp3) is 0.524. The number of benzene rings is 1. The molecule has 1 aromatic heterocycles. The van der Waals surface area contributed by atoms with Crippen molar-refractivity contribution in [2.45, 2.75) is 12.5 Å². The Hall–Kier alpha value is -2.00. The van der Waals surface area contributed by atoms with Crippen LogP contribution < -0.4 is 5.32 Å². The van der Waals surface area contributed by atoms with E-state index in [4.69, 9.17) is 9.47 Å². The molecule has 3 heterocycles. The molecule has 0 bridgehead atoms. The highest BCUT2D eigenvalue weighted by Gasteiger charge is 2.31. The third-order valence-electron chi connectivity index (χ3n) is 5.47. The van der Waals surface area contributed by atoms with Crippen LogP contribution in [0.25, 0.3) is 10.1 Å². The van der Waals surface area contributed by atoms with E-state index in [0.717, 1.165) is 41.7 Å². The lowest BCUT2D eigenvalue weighted by atomic mass is 10.0. The molecule has 0 spiro atoms. The number of thiophene rings is 1. The van der Waals surface area contributed by atoms with Crippen LogP contribution in [0.4, 0.5) is 0 Å². The fourth-order valence-corrected chi connectivity index (χ4v) is 4.95. The Labute approximate surface area is 174 Å². The summed E-state index contributed by atoms with van der Waals surface area (Å²) < 4.78 is 12.2. The topological polar surface area (TPSA) is 71.1 Å². The summed E-state index contributed by atoms with van der Waals surface area (Å²) in [5.74, 6) is 0.0836. The summed E-state index contributed by atoms with van der Waals surface area (Å²) in [4.78, 5) is 30.0. The lowest BCUT2D eigenvalue weighted by molar-refractivity contribution is -0.137. The highest BCUT2D eigenvalue weighted by atomic mass is 32.1. The summed E-state index contributed by atoms with van der Waals surface area (Å²) in [6.45, 7) is 4.97. The van der Waals surface area contributed by atoms with Gasteiger partial charge in [0.15, 0.2) is 0 Å². The van der Waals surface area contributed by atoms with Gasteiger partial charge in [-0.2, -0.15) is 0 Å². The SMILES string of the molecule is COCCNC(=O)c1sc2ccccc2c1C1CN(CC(=O)N2CCC2)CCO1. The second-order valence-corrected chi connectivity index (χ2v) is 8.47. The van der Waals surface area contributed by atoms with Gasteiger partial charge < -0.3 is 19.7 Å². The van der Waals surface area contributed by atoms with Crippen LogP contribution in [-0.4, -0.2) is 81.2 Å². The van der Waals surface area contributed by atoms with Crippen molar-refractivity contribution in [3.63, 3.8) is 0 Å². The number of amides is 2. The number of methoxy groups -OCH3 is 1. The van der Waals surface area contributed by atoms with Crippen LogP contribution >= 0.6 is 11.3 Å². The van der Waals surface area contributed by atoms with Crippen molar-refractivity contribution in [2.75, 3.05) is 59.6 Å². The van der Waals surface area contributed by atoms with Crippen molar-refractivity contribution in [3.05, 3.63) is 34.7 Å². The quantitative estimate of drug-likeness (QED) is 0.697. The largest absolute Gasteiger partial charge is 0.383 e. The monoisotopic (exact) mass is 417 g/mol. The van der Waals surface area contributed by atoms with Crippen molar-refractivity contribution in [1.29, 1.82) is 0 Å². The Balaban J connectivity index is 1.55. The van der Waals surface area contributed by atoms with Crippen molar-refractivity contribution >= 4 is 33.2 Å². The number of nitrogens with one attached hydrogen (secondary N) is 1. The minimum absolute atomic E-state index is 0.101. The molecule has 29 heavy (non-hydrogen) atoms. The first-order valence-corrected chi connectivity index (χ1v) is 10.9. The maximum atomic E-state index is 12.9. The molecule has 1 aromatic carbocycles. The van der Waals surface area contributed by atoms with E-state index in [0.29, 0.717) is 37.7 Å². The van der Waals surface area contributed by atoms with Gasteiger partial charge in [0.25, 0.3) is 5.91 Å². The molecule has 2 amide bonds. The van der Waals surface area contributed by atoms with Gasteiger partial charge in [-0.1, -0.05) is 18.2 Å². The summed E-state index contributed by atoms with van der Waals surface area (Å²) in [6.07, 6.45) is 0.868. The highest BCUT2D eigenvalue weighted by Crippen LogP contribution is 2.38. The molecule has 2 saturated heterocycles. The summed E-state index contributed by atoms with van der Waals surface area (Å²) in [7, 11) is 1.61. The van der Waals surface area contributed by atoms with Crippen LogP contribution in [0.3, 0.4) is 0 Å². The summed E-state index contributed by atoms with van der Waals surface area (Å²) >= 11 is 1.49. The van der Waals surface area contributed by atoms with E-state index in [1.807, 2.05) is 29.2 Å². The van der Waals surface area contributed by atoms with E-state index < -0.39 is 0 Å². The highest BCUT2D eigenvalue weighted by molar-refractivity contribution is 7.21. The van der Waals surface area contributed by atoms with Gasteiger partial charge in [0.05, 0.1) is 30.7 Å². The predicted octanol–water partition coefficient (Wildman–Crippen LogP) is 1.88. The van der Waals surface area contributed by atoms with E-state index in [1.54, 1.807) is 7.11 Å². The number of hydrogen-bond acceptors (Lipinski definition) is 6. The molecule has 1 atom stereocenters. The number of morpholine rings is 1. The van der Waals surface area contributed by atoms with Crippen LogP contribution in [0, 0.1) is 0 Å². The van der Waals surface area contributed by atoms with Gasteiger partial charge in [0.2, 0.25) is 5.91 Å².